The van der Waals surface area contributed by atoms with Crippen LogP contribution in [0.4, 0.5) is 14.5 Å². The van der Waals surface area contributed by atoms with Crippen LogP contribution in [0.5, 0.6) is 0 Å². The van der Waals surface area contributed by atoms with Gasteiger partial charge < -0.3 is 19.9 Å². The summed E-state index contributed by atoms with van der Waals surface area (Å²) in [5, 5.41) is 12.2. The first-order valence-electron chi connectivity index (χ1n) is 10.3. The topological polar surface area (TPSA) is 74.6 Å². The van der Waals surface area contributed by atoms with Crippen LogP contribution in [0, 0.1) is 23.5 Å². The van der Waals surface area contributed by atoms with E-state index in [1.807, 2.05) is 11.9 Å². The van der Waals surface area contributed by atoms with E-state index in [0.29, 0.717) is 19.0 Å². The van der Waals surface area contributed by atoms with E-state index < -0.39 is 34.0 Å². The van der Waals surface area contributed by atoms with E-state index in [9.17, 15) is 14.7 Å². The summed E-state index contributed by atoms with van der Waals surface area (Å²) >= 11 is 0. The largest absolute Gasteiger partial charge is 0.477 e. The van der Waals surface area contributed by atoms with Crippen molar-refractivity contribution in [2.45, 2.75) is 31.3 Å². The summed E-state index contributed by atoms with van der Waals surface area (Å²) in [5.41, 5.74) is -1.50. The first-order chi connectivity index (χ1) is 14.4. The number of allylic oxidation sites excluding steroid dienone is 1. The Morgan fingerprint density at radius 1 is 1.27 bits per heavy atom. The Labute approximate surface area is 171 Å². The van der Waals surface area contributed by atoms with Gasteiger partial charge in [0.25, 0.3) is 0 Å². The number of carbonyl (C=O) groups is 1. The van der Waals surface area contributed by atoms with Gasteiger partial charge in [-0.1, -0.05) is 12.2 Å². The molecule has 3 atom stereocenters. The van der Waals surface area contributed by atoms with E-state index >= 15 is 8.78 Å². The van der Waals surface area contributed by atoms with Gasteiger partial charge in [-0.25, -0.2) is 13.6 Å². The number of rotatable bonds is 4. The van der Waals surface area contributed by atoms with Gasteiger partial charge >= 0.3 is 5.97 Å². The first-order valence-corrected chi connectivity index (χ1v) is 10.3. The minimum Gasteiger partial charge on any atom is -0.477 e. The lowest BCUT2D eigenvalue weighted by molar-refractivity contribution is 0.0695. The van der Waals surface area contributed by atoms with Crippen LogP contribution in [0.2, 0.25) is 0 Å². The van der Waals surface area contributed by atoms with Crippen LogP contribution in [-0.4, -0.2) is 41.8 Å². The summed E-state index contributed by atoms with van der Waals surface area (Å²) in [7, 11) is 1.89. The maximum Gasteiger partial charge on any atom is 0.341 e. The Hall–Kier alpha value is -2.74. The maximum atomic E-state index is 15.8. The third-order valence-corrected chi connectivity index (χ3v) is 6.75. The average molecular weight is 415 g/mol. The zero-order valence-electron chi connectivity index (χ0n) is 16.6. The Morgan fingerprint density at radius 2 is 2.03 bits per heavy atom. The van der Waals surface area contributed by atoms with Crippen molar-refractivity contribution < 1.29 is 18.7 Å². The number of nitrogens with one attached hydrogen (secondary N) is 1. The number of aromatic nitrogens is 1. The molecule has 8 heteroatoms. The number of carboxylic acid groups (broad SMARTS) is 1. The fraction of sp³-hybridized carbons (Fsp3) is 0.455. The zero-order chi connectivity index (χ0) is 21.2. The molecule has 1 saturated carbocycles. The van der Waals surface area contributed by atoms with Crippen LogP contribution in [0.3, 0.4) is 0 Å². The molecule has 2 aromatic rings. The second kappa shape index (κ2) is 6.91. The fourth-order valence-corrected chi connectivity index (χ4v) is 5.08. The number of fused-ring (bicyclic) bond motifs is 2. The number of carboxylic acids is 1. The number of likely N-dealkylation sites (N-methyl/N-ethyl adjacent to an activating group) is 1. The number of halogens is 2. The van der Waals surface area contributed by atoms with Crippen molar-refractivity contribution in [2.24, 2.45) is 11.8 Å². The molecule has 1 aromatic carbocycles. The van der Waals surface area contributed by atoms with E-state index in [4.69, 9.17) is 0 Å². The van der Waals surface area contributed by atoms with Crippen LogP contribution in [-0.2, 0) is 0 Å². The zero-order valence-corrected chi connectivity index (χ0v) is 16.6. The van der Waals surface area contributed by atoms with Gasteiger partial charge in [0.2, 0.25) is 5.43 Å². The molecule has 2 fully saturated rings. The van der Waals surface area contributed by atoms with Crippen molar-refractivity contribution in [2.75, 3.05) is 25.0 Å². The van der Waals surface area contributed by atoms with Gasteiger partial charge in [0, 0.05) is 43.4 Å². The van der Waals surface area contributed by atoms with Crippen molar-refractivity contribution in [3.05, 3.63) is 51.8 Å². The van der Waals surface area contributed by atoms with Gasteiger partial charge in [0.1, 0.15) is 11.4 Å². The number of aromatic carboxylic acids is 1. The minimum absolute atomic E-state index is 0.116. The third kappa shape index (κ3) is 2.85. The molecule has 1 saturated heterocycles. The standard InChI is InChI=1S/C22H23F2N3O3/c1-25-16-4-2-3-11-8-26(9-13(11)16)17-7-15(23)18-20(19(17)24)27(12-5-6-12)10-14(21(18)28)22(29)30/h2,4,7,10-13,16,25H,3,5-6,8-9H2,1H3,(H,29,30). The van der Waals surface area contributed by atoms with Crippen molar-refractivity contribution >= 4 is 22.6 Å². The monoisotopic (exact) mass is 415 g/mol. The molecule has 0 amide bonds. The summed E-state index contributed by atoms with van der Waals surface area (Å²) in [6.45, 7) is 1.19. The van der Waals surface area contributed by atoms with Gasteiger partial charge in [0.05, 0.1) is 16.6 Å². The summed E-state index contributed by atoms with van der Waals surface area (Å²) in [4.78, 5) is 26.0. The molecule has 0 bridgehead atoms. The number of pyridine rings is 1. The normalized spacial score (nSPS) is 25.7. The first kappa shape index (κ1) is 19.2. The molecule has 2 heterocycles. The van der Waals surface area contributed by atoms with Crippen LogP contribution in [0.25, 0.3) is 10.9 Å². The molecule has 2 N–H and O–H groups in total. The Bertz CT molecular complexity index is 1140. The number of nitrogens with zero attached hydrogens (tertiary/aromatic N) is 2. The van der Waals surface area contributed by atoms with Crippen molar-refractivity contribution in [1.82, 2.24) is 9.88 Å². The van der Waals surface area contributed by atoms with Gasteiger partial charge in [-0.15, -0.1) is 0 Å². The smallest absolute Gasteiger partial charge is 0.341 e. The molecule has 0 spiro atoms. The molecule has 6 nitrogen and oxygen atoms in total. The van der Waals surface area contributed by atoms with Gasteiger partial charge in [-0.2, -0.15) is 0 Å². The Morgan fingerprint density at radius 3 is 2.70 bits per heavy atom. The lowest BCUT2D eigenvalue weighted by Gasteiger charge is -2.28. The highest BCUT2D eigenvalue weighted by Crippen LogP contribution is 2.41. The SMILES string of the molecule is CNC1C=CCC2CN(c3cc(F)c4c(=O)c(C(=O)O)cn(C5CC5)c4c3F)CC21. The molecule has 158 valence electrons. The number of anilines is 1. The maximum absolute atomic E-state index is 15.8. The number of benzene rings is 1. The summed E-state index contributed by atoms with van der Waals surface area (Å²) in [6, 6.07) is 1.13. The fourth-order valence-electron chi connectivity index (χ4n) is 5.08. The Kier molecular flexibility index (Phi) is 4.43. The van der Waals surface area contributed by atoms with E-state index in [0.717, 1.165) is 25.3 Å². The highest BCUT2D eigenvalue weighted by Gasteiger charge is 2.39. The van der Waals surface area contributed by atoms with Crippen LogP contribution >= 0.6 is 0 Å². The molecule has 1 aromatic heterocycles. The highest BCUT2D eigenvalue weighted by molar-refractivity contribution is 5.94. The van der Waals surface area contributed by atoms with Crippen LogP contribution in [0.15, 0.2) is 29.2 Å². The van der Waals surface area contributed by atoms with Gasteiger partial charge in [0.15, 0.2) is 5.82 Å². The van der Waals surface area contributed by atoms with Crippen molar-refractivity contribution in [3.8, 4) is 0 Å². The molecule has 2 aliphatic carbocycles. The van der Waals surface area contributed by atoms with Crippen LogP contribution in [0.1, 0.15) is 35.7 Å². The second-order valence-electron chi connectivity index (χ2n) is 8.54. The third-order valence-electron chi connectivity index (χ3n) is 6.75. The van der Waals surface area contributed by atoms with Crippen molar-refractivity contribution in [1.29, 1.82) is 0 Å². The molecule has 0 radical (unpaired) electrons. The van der Waals surface area contributed by atoms with Gasteiger partial charge in [-0.3, -0.25) is 4.79 Å². The summed E-state index contributed by atoms with van der Waals surface area (Å²) < 4.78 is 32.4. The number of hydrogen-bond donors (Lipinski definition) is 2. The molecule has 3 unspecified atom stereocenters. The van der Waals surface area contributed by atoms with E-state index in [1.165, 1.54) is 10.8 Å². The highest BCUT2D eigenvalue weighted by atomic mass is 19.1. The van der Waals surface area contributed by atoms with E-state index in [1.54, 1.807) is 0 Å². The molecule has 3 aliphatic rings. The van der Waals surface area contributed by atoms with Crippen molar-refractivity contribution in [3.63, 3.8) is 0 Å². The molecular formula is C22H23F2N3O3. The lowest BCUT2D eigenvalue weighted by atomic mass is 9.82. The minimum atomic E-state index is -1.44. The quantitative estimate of drug-likeness (QED) is 0.752. The lowest BCUT2D eigenvalue weighted by Crippen LogP contribution is -2.38. The summed E-state index contributed by atoms with van der Waals surface area (Å²) in [5.74, 6) is -2.33. The van der Waals surface area contributed by atoms with Gasteiger partial charge in [-0.05, 0) is 32.2 Å². The Balaban J connectivity index is 1.66. The predicted octanol–water partition coefficient (Wildman–Crippen LogP) is 2.91. The molecule has 5 rings (SSSR count). The van der Waals surface area contributed by atoms with Crippen LogP contribution < -0.4 is 15.6 Å². The predicted molar refractivity (Wildman–Crippen MR) is 109 cm³/mol. The second-order valence-corrected chi connectivity index (χ2v) is 8.54. The van der Waals surface area contributed by atoms with E-state index in [2.05, 4.69) is 17.5 Å². The average Bonchev–Trinajstić information content (AvgIpc) is 3.47. The molecule has 1 aliphatic heterocycles. The van der Waals surface area contributed by atoms with E-state index in [-0.39, 0.29) is 29.2 Å². The molecular weight excluding hydrogens is 392 g/mol. The summed E-state index contributed by atoms with van der Waals surface area (Å²) in [6.07, 6.45) is 7.80. The number of hydrogen-bond acceptors (Lipinski definition) is 4. The molecule has 30 heavy (non-hydrogen) atoms.